The van der Waals surface area contributed by atoms with E-state index in [-0.39, 0.29) is 5.97 Å². The zero-order valence-electron chi connectivity index (χ0n) is 16.3. The van der Waals surface area contributed by atoms with E-state index < -0.39 is 17.2 Å². The van der Waals surface area contributed by atoms with Crippen molar-refractivity contribution in [2.75, 3.05) is 20.8 Å². The molecule has 0 spiro atoms. The van der Waals surface area contributed by atoms with E-state index in [2.05, 4.69) is 0 Å². The van der Waals surface area contributed by atoms with Crippen LogP contribution >= 0.6 is 0 Å². The Morgan fingerprint density at radius 1 is 1.15 bits per heavy atom. The Morgan fingerprint density at radius 3 is 2.35 bits per heavy atom. The average molecular weight is 363 g/mol. The first-order valence-electron chi connectivity index (χ1n) is 8.94. The summed E-state index contributed by atoms with van der Waals surface area (Å²) in [6, 6.07) is 7.72. The number of carbonyl (C=O) groups excluding carboxylic acids is 2. The molecule has 1 heterocycles. The number of rotatable bonds is 5. The maximum absolute atomic E-state index is 12.7. The Bertz CT molecular complexity index is 635. The summed E-state index contributed by atoms with van der Waals surface area (Å²) in [5.74, 6) is 0.405. The van der Waals surface area contributed by atoms with Crippen molar-refractivity contribution in [3.8, 4) is 5.75 Å². The highest BCUT2D eigenvalue weighted by molar-refractivity contribution is 5.86. The third-order valence-corrected chi connectivity index (χ3v) is 4.65. The van der Waals surface area contributed by atoms with Crippen molar-refractivity contribution in [3.63, 3.8) is 0 Å². The standard InChI is InChI=1S/C20H29NO5/c1-19(2,3)26-18(23)21-14-6-12-20(21,17(22)25-5)13-11-15-7-9-16(24-4)10-8-15/h7-10H,6,11-14H2,1-5H3. The molecule has 1 atom stereocenters. The highest BCUT2D eigenvalue weighted by Crippen LogP contribution is 2.36. The predicted molar refractivity (Wildman–Crippen MR) is 98.2 cm³/mol. The van der Waals surface area contributed by atoms with E-state index in [9.17, 15) is 9.59 Å². The van der Waals surface area contributed by atoms with Crippen molar-refractivity contribution in [2.45, 2.75) is 57.6 Å². The van der Waals surface area contributed by atoms with Gasteiger partial charge in [-0.05, 0) is 64.2 Å². The maximum atomic E-state index is 12.7. The Hall–Kier alpha value is -2.24. The van der Waals surface area contributed by atoms with E-state index in [1.165, 1.54) is 7.11 Å². The fraction of sp³-hybridized carbons (Fsp3) is 0.600. The molecule has 0 saturated carbocycles. The highest BCUT2D eigenvalue weighted by Gasteiger charge is 2.51. The van der Waals surface area contributed by atoms with Gasteiger partial charge in [-0.3, -0.25) is 4.90 Å². The normalized spacial score (nSPS) is 20.0. The van der Waals surface area contributed by atoms with Crippen molar-refractivity contribution in [3.05, 3.63) is 29.8 Å². The van der Waals surface area contributed by atoms with Gasteiger partial charge in [-0.2, -0.15) is 0 Å². The third-order valence-electron chi connectivity index (χ3n) is 4.65. The fourth-order valence-electron chi connectivity index (χ4n) is 3.37. The predicted octanol–water partition coefficient (Wildman–Crippen LogP) is 3.57. The van der Waals surface area contributed by atoms with Crippen molar-refractivity contribution in [1.82, 2.24) is 4.90 Å². The van der Waals surface area contributed by atoms with E-state index in [0.29, 0.717) is 25.8 Å². The molecule has 26 heavy (non-hydrogen) atoms. The number of aryl methyl sites for hydroxylation is 1. The summed E-state index contributed by atoms with van der Waals surface area (Å²) in [6.45, 7) is 5.95. The van der Waals surface area contributed by atoms with Crippen LogP contribution in [-0.4, -0.2) is 48.9 Å². The molecule has 6 heteroatoms. The molecular formula is C20H29NO5. The van der Waals surface area contributed by atoms with Gasteiger partial charge in [0.1, 0.15) is 16.9 Å². The highest BCUT2D eigenvalue weighted by atomic mass is 16.6. The van der Waals surface area contributed by atoms with Gasteiger partial charge in [-0.25, -0.2) is 9.59 Å². The minimum absolute atomic E-state index is 0.380. The van der Waals surface area contributed by atoms with Crippen LogP contribution in [0.15, 0.2) is 24.3 Å². The lowest BCUT2D eigenvalue weighted by Gasteiger charge is -2.37. The summed E-state index contributed by atoms with van der Waals surface area (Å²) < 4.78 is 15.8. The number of nitrogens with zero attached hydrogens (tertiary/aromatic N) is 1. The first-order chi connectivity index (χ1) is 12.2. The van der Waals surface area contributed by atoms with Gasteiger partial charge in [0.05, 0.1) is 14.2 Å². The zero-order chi connectivity index (χ0) is 19.4. The summed E-state index contributed by atoms with van der Waals surface area (Å²) in [5.41, 5.74) is -0.515. The summed E-state index contributed by atoms with van der Waals surface area (Å²) >= 11 is 0. The molecule has 6 nitrogen and oxygen atoms in total. The molecule has 1 saturated heterocycles. The Balaban J connectivity index is 2.20. The van der Waals surface area contributed by atoms with Crippen LogP contribution in [0, 0.1) is 0 Å². The third kappa shape index (κ3) is 4.48. The molecular weight excluding hydrogens is 334 g/mol. The number of likely N-dealkylation sites (tertiary alicyclic amines) is 1. The van der Waals surface area contributed by atoms with Crippen LogP contribution < -0.4 is 4.74 Å². The van der Waals surface area contributed by atoms with E-state index >= 15 is 0 Å². The Kier molecular flexibility index (Phi) is 6.16. The lowest BCUT2D eigenvalue weighted by atomic mass is 9.88. The summed E-state index contributed by atoms with van der Waals surface area (Å²) in [4.78, 5) is 26.9. The van der Waals surface area contributed by atoms with Gasteiger partial charge in [0, 0.05) is 6.54 Å². The number of hydrogen-bond donors (Lipinski definition) is 0. The second kappa shape index (κ2) is 7.98. The number of carbonyl (C=O) groups is 2. The quantitative estimate of drug-likeness (QED) is 0.748. The molecule has 1 aliphatic heterocycles. The van der Waals surface area contributed by atoms with Crippen LogP contribution in [0.1, 0.15) is 45.6 Å². The van der Waals surface area contributed by atoms with Crippen LogP contribution in [0.25, 0.3) is 0 Å². The number of ether oxygens (including phenoxy) is 3. The molecule has 2 rings (SSSR count). The molecule has 0 aromatic heterocycles. The van der Waals surface area contributed by atoms with Gasteiger partial charge in [0.25, 0.3) is 0 Å². The molecule has 0 radical (unpaired) electrons. The molecule has 1 unspecified atom stereocenters. The van der Waals surface area contributed by atoms with Crippen molar-refractivity contribution in [1.29, 1.82) is 0 Å². The average Bonchev–Trinajstić information content (AvgIpc) is 3.03. The van der Waals surface area contributed by atoms with E-state index in [1.54, 1.807) is 12.0 Å². The monoisotopic (exact) mass is 363 g/mol. The summed E-state index contributed by atoms with van der Waals surface area (Å²) in [5, 5.41) is 0. The van der Waals surface area contributed by atoms with Crippen LogP contribution in [-0.2, 0) is 20.7 Å². The van der Waals surface area contributed by atoms with Crippen LogP contribution in [0.5, 0.6) is 5.75 Å². The Morgan fingerprint density at radius 2 is 1.81 bits per heavy atom. The lowest BCUT2D eigenvalue weighted by molar-refractivity contribution is -0.153. The molecule has 0 bridgehead atoms. The number of amides is 1. The van der Waals surface area contributed by atoms with Crippen molar-refractivity contribution in [2.24, 2.45) is 0 Å². The molecule has 1 aliphatic rings. The van der Waals surface area contributed by atoms with Crippen LogP contribution in [0.3, 0.4) is 0 Å². The molecule has 1 amide bonds. The molecule has 1 fully saturated rings. The molecule has 0 aliphatic carbocycles. The first-order valence-corrected chi connectivity index (χ1v) is 8.94. The van der Waals surface area contributed by atoms with Gasteiger partial charge in [0.15, 0.2) is 0 Å². The molecule has 1 aromatic carbocycles. The minimum Gasteiger partial charge on any atom is -0.497 e. The smallest absolute Gasteiger partial charge is 0.411 e. The molecule has 1 aromatic rings. The van der Waals surface area contributed by atoms with Crippen LogP contribution in [0.2, 0.25) is 0 Å². The summed E-state index contributed by atoms with van der Waals surface area (Å²) in [7, 11) is 2.99. The van der Waals surface area contributed by atoms with E-state index in [0.717, 1.165) is 17.7 Å². The largest absolute Gasteiger partial charge is 0.497 e. The number of methoxy groups -OCH3 is 2. The lowest BCUT2D eigenvalue weighted by Crippen LogP contribution is -2.55. The maximum Gasteiger partial charge on any atom is 0.411 e. The van der Waals surface area contributed by atoms with Gasteiger partial charge in [-0.15, -0.1) is 0 Å². The number of esters is 1. The summed E-state index contributed by atoms with van der Waals surface area (Å²) in [6.07, 6.45) is 2.01. The molecule has 144 valence electrons. The number of hydrogen-bond acceptors (Lipinski definition) is 5. The topological polar surface area (TPSA) is 65.1 Å². The first kappa shape index (κ1) is 20.1. The van der Waals surface area contributed by atoms with E-state index in [4.69, 9.17) is 14.2 Å². The number of benzene rings is 1. The fourth-order valence-corrected chi connectivity index (χ4v) is 3.37. The Labute approximate surface area is 155 Å². The van der Waals surface area contributed by atoms with E-state index in [1.807, 2.05) is 45.0 Å². The minimum atomic E-state index is -0.975. The van der Waals surface area contributed by atoms with Crippen LogP contribution in [0.4, 0.5) is 4.79 Å². The second-order valence-corrected chi connectivity index (χ2v) is 7.61. The second-order valence-electron chi connectivity index (χ2n) is 7.61. The SMILES string of the molecule is COC(=O)C1(CCc2ccc(OC)cc2)CCCN1C(=O)OC(C)(C)C. The van der Waals surface area contributed by atoms with Gasteiger partial charge >= 0.3 is 12.1 Å². The van der Waals surface area contributed by atoms with Gasteiger partial charge in [-0.1, -0.05) is 12.1 Å². The van der Waals surface area contributed by atoms with Crippen molar-refractivity contribution >= 4 is 12.1 Å². The molecule has 0 N–H and O–H groups in total. The van der Waals surface area contributed by atoms with Gasteiger partial charge in [0.2, 0.25) is 0 Å². The van der Waals surface area contributed by atoms with Crippen molar-refractivity contribution < 1.29 is 23.8 Å². The van der Waals surface area contributed by atoms with Gasteiger partial charge < -0.3 is 14.2 Å². The zero-order valence-corrected chi connectivity index (χ0v) is 16.3.